The summed E-state index contributed by atoms with van der Waals surface area (Å²) in [5.41, 5.74) is 0.313. The number of likely N-dealkylation sites (tertiary alicyclic amines) is 1. The summed E-state index contributed by atoms with van der Waals surface area (Å²) in [6, 6.07) is 5.78. The number of hydrogen-bond donors (Lipinski definition) is 0. The lowest BCUT2D eigenvalue weighted by Crippen LogP contribution is -2.51. The van der Waals surface area contributed by atoms with Crippen LogP contribution in [0.1, 0.15) is 32.3 Å². The van der Waals surface area contributed by atoms with Crippen LogP contribution < -0.4 is 9.47 Å². The number of hydrogen-bond acceptors (Lipinski definition) is 5. The maximum absolute atomic E-state index is 13.2. The zero-order valence-corrected chi connectivity index (χ0v) is 14.9. The molecule has 1 amide bonds. The van der Waals surface area contributed by atoms with Gasteiger partial charge in [-0.3, -0.25) is 4.79 Å². The maximum Gasteiger partial charge on any atom is 0.232 e. The second-order valence-electron chi connectivity index (χ2n) is 7.38. The molecule has 3 aliphatic heterocycles. The third kappa shape index (κ3) is 2.98. The summed E-state index contributed by atoms with van der Waals surface area (Å²) in [5.74, 6) is 1.12. The van der Waals surface area contributed by atoms with Gasteiger partial charge in [0.15, 0.2) is 17.3 Å². The number of amides is 1. The van der Waals surface area contributed by atoms with Gasteiger partial charge in [0.1, 0.15) is 13.2 Å². The van der Waals surface area contributed by atoms with E-state index >= 15 is 0 Å². The van der Waals surface area contributed by atoms with E-state index in [-0.39, 0.29) is 5.91 Å². The van der Waals surface area contributed by atoms with Crippen LogP contribution in [0.15, 0.2) is 18.2 Å². The first-order valence-electron chi connectivity index (χ1n) is 8.98. The highest BCUT2D eigenvalue weighted by molar-refractivity contribution is 5.87. The Balaban J connectivity index is 1.49. The monoisotopic (exact) mass is 347 g/mol. The van der Waals surface area contributed by atoms with Gasteiger partial charge in [0.25, 0.3) is 0 Å². The second-order valence-corrected chi connectivity index (χ2v) is 7.38. The normalized spacial score (nSPS) is 22.2. The van der Waals surface area contributed by atoms with E-state index in [1.807, 2.05) is 36.9 Å². The molecule has 1 spiro atoms. The molecule has 0 saturated carbocycles. The molecule has 0 N–H and O–H groups in total. The highest BCUT2D eigenvalue weighted by atomic mass is 16.7. The van der Waals surface area contributed by atoms with Gasteiger partial charge in [-0.15, -0.1) is 0 Å². The van der Waals surface area contributed by atoms with E-state index < -0.39 is 11.2 Å². The minimum atomic E-state index is -0.627. The average Bonchev–Trinajstić information content (AvgIpc) is 3.09. The van der Waals surface area contributed by atoms with Gasteiger partial charge in [-0.25, -0.2) is 0 Å². The van der Waals surface area contributed by atoms with E-state index in [1.165, 1.54) is 0 Å². The first-order valence-corrected chi connectivity index (χ1v) is 8.98. The summed E-state index contributed by atoms with van der Waals surface area (Å²) in [6.07, 6.45) is 1.46. The molecule has 1 aromatic carbocycles. The first-order chi connectivity index (χ1) is 12.0. The summed E-state index contributed by atoms with van der Waals surface area (Å²) < 4.78 is 22.7. The molecule has 2 saturated heterocycles. The van der Waals surface area contributed by atoms with Crippen molar-refractivity contribution in [3.05, 3.63) is 23.8 Å². The Bertz CT molecular complexity index is 656. The van der Waals surface area contributed by atoms with Crippen molar-refractivity contribution in [2.75, 3.05) is 39.5 Å². The van der Waals surface area contributed by atoms with Gasteiger partial charge in [0.05, 0.1) is 18.6 Å². The van der Waals surface area contributed by atoms with Gasteiger partial charge >= 0.3 is 0 Å². The Labute approximate surface area is 148 Å². The fourth-order valence-corrected chi connectivity index (χ4v) is 3.79. The molecule has 0 radical (unpaired) electrons. The SMILES string of the molecule is CC(C)(C(=O)N1CCC2(CC1)OCCO2)c1ccc2c(c1)OCCO2. The quantitative estimate of drug-likeness (QED) is 0.820. The Kier molecular flexibility index (Phi) is 4.12. The molecule has 3 aliphatic rings. The summed E-state index contributed by atoms with van der Waals surface area (Å²) in [7, 11) is 0. The molecule has 3 heterocycles. The van der Waals surface area contributed by atoms with Gasteiger partial charge in [-0.1, -0.05) is 6.07 Å². The number of carbonyl (C=O) groups is 1. The van der Waals surface area contributed by atoms with Crippen molar-refractivity contribution in [1.82, 2.24) is 4.90 Å². The number of rotatable bonds is 2. The highest BCUT2D eigenvalue weighted by Crippen LogP contribution is 2.37. The zero-order chi connectivity index (χ0) is 17.5. The number of carbonyl (C=O) groups excluding carboxylic acids is 1. The molecule has 0 aromatic heterocycles. The Hall–Kier alpha value is -1.79. The number of benzene rings is 1. The van der Waals surface area contributed by atoms with E-state index in [4.69, 9.17) is 18.9 Å². The van der Waals surface area contributed by atoms with Crippen LogP contribution >= 0.6 is 0 Å². The van der Waals surface area contributed by atoms with E-state index in [1.54, 1.807) is 0 Å². The molecule has 1 aromatic rings. The van der Waals surface area contributed by atoms with Crippen molar-refractivity contribution in [1.29, 1.82) is 0 Å². The molecule has 0 atom stereocenters. The second kappa shape index (κ2) is 6.18. The first kappa shape index (κ1) is 16.7. The summed E-state index contributed by atoms with van der Waals surface area (Å²) in [4.78, 5) is 15.1. The van der Waals surface area contributed by atoms with Gasteiger partial charge in [-0.05, 0) is 31.5 Å². The number of piperidine rings is 1. The largest absolute Gasteiger partial charge is 0.486 e. The highest BCUT2D eigenvalue weighted by Gasteiger charge is 2.43. The molecule has 6 heteroatoms. The maximum atomic E-state index is 13.2. The minimum Gasteiger partial charge on any atom is -0.486 e. The molecule has 2 fully saturated rings. The van der Waals surface area contributed by atoms with Crippen molar-refractivity contribution in [3.63, 3.8) is 0 Å². The fraction of sp³-hybridized carbons (Fsp3) is 0.632. The van der Waals surface area contributed by atoms with Crippen molar-refractivity contribution in [3.8, 4) is 11.5 Å². The van der Waals surface area contributed by atoms with Gasteiger partial charge in [-0.2, -0.15) is 0 Å². The van der Waals surface area contributed by atoms with E-state index in [9.17, 15) is 4.79 Å². The number of ether oxygens (including phenoxy) is 4. The van der Waals surface area contributed by atoms with Crippen molar-refractivity contribution < 1.29 is 23.7 Å². The Morgan fingerprint density at radius 1 is 1.00 bits per heavy atom. The van der Waals surface area contributed by atoms with Crippen LogP contribution in [0.2, 0.25) is 0 Å². The predicted octanol–water partition coefficient (Wildman–Crippen LogP) is 2.10. The zero-order valence-electron chi connectivity index (χ0n) is 14.9. The van der Waals surface area contributed by atoms with Gasteiger partial charge in [0, 0.05) is 25.9 Å². The molecule has 0 unspecified atom stereocenters. The smallest absolute Gasteiger partial charge is 0.232 e. The molecule has 136 valence electrons. The van der Waals surface area contributed by atoms with Crippen LogP contribution in [0.5, 0.6) is 11.5 Å². The predicted molar refractivity (Wildman–Crippen MR) is 90.9 cm³/mol. The topological polar surface area (TPSA) is 57.2 Å². The van der Waals surface area contributed by atoms with Crippen molar-refractivity contribution in [2.45, 2.75) is 37.9 Å². The fourth-order valence-electron chi connectivity index (χ4n) is 3.79. The van der Waals surface area contributed by atoms with Crippen molar-refractivity contribution >= 4 is 5.91 Å². The van der Waals surface area contributed by atoms with E-state index in [0.717, 1.165) is 29.9 Å². The molecular weight excluding hydrogens is 322 g/mol. The lowest BCUT2D eigenvalue weighted by atomic mass is 9.82. The van der Waals surface area contributed by atoms with Crippen LogP contribution in [0.3, 0.4) is 0 Å². The van der Waals surface area contributed by atoms with Crippen LogP contribution in [0.4, 0.5) is 0 Å². The van der Waals surface area contributed by atoms with Gasteiger partial charge < -0.3 is 23.8 Å². The standard InChI is InChI=1S/C19H25NO5/c1-18(2,14-3-4-15-16(13-14)23-10-9-22-15)17(21)20-7-5-19(6-8-20)24-11-12-25-19/h3-4,13H,5-12H2,1-2H3. The Morgan fingerprint density at radius 2 is 1.64 bits per heavy atom. The molecule has 25 heavy (non-hydrogen) atoms. The third-order valence-electron chi connectivity index (χ3n) is 5.42. The summed E-state index contributed by atoms with van der Waals surface area (Å²) >= 11 is 0. The summed E-state index contributed by atoms with van der Waals surface area (Å²) in [6.45, 7) is 7.65. The number of fused-ring (bicyclic) bond motifs is 1. The van der Waals surface area contributed by atoms with Crippen LogP contribution in [0.25, 0.3) is 0 Å². The minimum absolute atomic E-state index is 0.122. The van der Waals surface area contributed by atoms with E-state index in [0.29, 0.717) is 39.5 Å². The van der Waals surface area contributed by atoms with Crippen LogP contribution in [0, 0.1) is 0 Å². The summed E-state index contributed by atoms with van der Waals surface area (Å²) in [5, 5.41) is 0. The van der Waals surface area contributed by atoms with Crippen molar-refractivity contribution in [2.24, 2.45) is 0 Å². The molecule has 6 nitrogen and oxygen atoms in total. The third-order valence-corrected chi connectivity index (χ3v) is 5.42. The van der Waals surface area contributed by atoms with Crippen LogP contribution in [-0.2, 0) is 19.7 Å². The lowest BCUT2D eigenvalue weighted by molar-refractivity contribution is -0.188. The lowest BCUT2D eigenvalue weighted by Gasteiger charge is -2.40. The van der Waals surface area contributed by atoms with Crippen LogP contribution in [-0.4, -0.2) is 56.1 Å². The Morgan fingerprint density at radius 3 is 2.32 bits per heavy atom. The average molecular weight is 347 g/mol. The molecule has 0 aliphatic carbocycles. The molecule has 0 bridgehead atoms. The number of nitrogens with zero attached hydrogens (tertiary/aromatic N) is 1. The van der Waals surface area contributed by atoms with Gasteiger partial charge in [0.2, 0.25) is 5.91 Å². The van der Waals surface area contributed by atoms with E-state index in [2.05, 4.69) is 0 Å². The molecule has 4 rings (SSSR count). The molecular formula is C19H25NO5.